The smallest absolute Gasteiger partial charge is 0.255 e. The highest BCUT2D eigenvalue weighted by atomic mass is 16.5. The molecule has 4 atom stereocenters. The summed E-state index contributed by atoms with van der Waals surface area (Å²) in [4.78, 5) is 42.0. The molecule has 3 fully saturated rings. The second-order valence-electron chi connectivity index (χ2n) is 11.1. The average molecular weight is 556 g/mol. The van der Waals surface area contributed by atoms with Crippen LogP contribution in [-0.4, -0.2) is 95.1 Å². The molecule has 12 nitrogen and oxygen atoms in total. The van der Waals surface area contributed by atoms with Crippen molar-refractivity contribution in [1.29, 1.82) is 0 Å². The van der Waals surface area contributed by atoms with E-state index in [9.17, 15) is 34.8 Å². The molecule has 214 valence electrons. The summed E-state index contributed by atoms with van der Waals surface area (Å²) >= 11 is 0. The Morgan fingerprint density at radius 2 is 1.73 bits per heavy atom. The van der Waals surface area contributed by atoms with E-state index >= 15 is 0 Å². The number of hydrogen-bond donors (Lipinski definition) is 6. The van der Waals surface area contributed by atoms with Crippen LogP contribution in [0.3, 0.4) is 0 Å². The Balaban J connectivity index is 1.47. The van der Waals surface area contributed by atoms with Gasteiger partial charge in [-0.05, 0) is 49.3 Å². The zero-order valence-corrected chi connectivity index (χ0v) is 21.9. The molecule has 2 heterocycles. The number of Topliss-reactive ketones (excluding diaryl/α,β-unsaturated/α-hetero) is 2. The van der Waals surface area contributed by atoms with Gasteiger partial charge in [-0.25, -0.2) is 0 Å². The van der Waals surface area contributed by atoms with E-state index in [0.717, 1.165) is 5.69 Å². The lowest BCUT2D eigenvalue weighted by Gasteiger charge is -2.50. The molecule has 7 N–H and O–H groups in total. The van der Waals surface area contributed by atoms with Crippen molar-refractivity contribution in [2.75, 3.05) is 44.4 Å². The number of nitrogens with zero attached hydrogens (tertiary/aromatic N) is 1. The Hall–Kier alpha value is -3.45. The minimum Gasteiger partial charge on any atom is -0.508 e. The van der Waals surface area contributed by atoms with Crippen molar-refractivity contribution in [1.82, 2.24) is 5.32 Å². The number of aromatic hydroxyl groups is 1. The topological polar surface area (TPSA) is 192 Å². The van der Waals surface area contributed by atoms with Crippen LogP contribution >= 0.6 is 0 Å². The number of primary amides is 1. The van der Waals surface area contributed by atoms with E-state index in [2.05, 4.69) is 10.2 Å². The van der Waals surface area contributed by atoms with Gasteiger partial charge in [0.05, 0.1) is 24.8 Å². The third-order valence-electron chi connectivity index (χ3n) is 9.05. The van der Waals surface area contributed by atoms with Crippen molar-refractivity contribution in [3.8, 4) is 5.75 Å². The fourth-order valence-electron chi connectivity index (χ4n) is 7.07. The van der Waals surface area contributed by atoms with Gasteiger partial charge in [-0.1, -0.05) is 0 Å². The first-order chi connectivity index (χ1) is 19.1. The lowest BCUT2D eigenvalue weighted by Crippen LogP contribution is -2.67. The fourth-order valence-corrected chi connectivity index (χ4v) is 7.07. The molecule has 2 aliphatic heterocycles. The maximum absolute atomic E-state index is 14.1. The second-order valence-corrected chi connectivity index (χ2v) is 11.1. The van der Waals surface area contributed by atoms with Crippen molar-refractivity contribution in [2.45, 2.75) is 43.4 Å². The van der Waals surface area contributed by atoms with Crippen LogP contribution in [0.1, 0.15) is 30.4 Å². The molecule has 4 unspecified atom stereocenters. The Bertz CT molecular complexity index is 1340. The highest BCUT2D eigenvalue weighted by Crippen LogP contribution is 2.53. The summed E-state index contributed by atoms with van der Waals surface area (Å²) in [6, 6.07) is 1.86. The maximum atomic E-state index is 14.1. The van der Waals surface area contributed by atoms with E-state index in [4.69, 9.17) is 15.2 Å². The number of ether oxygens (including phenoxy) is 2. The summed E-state index contributed by atoms with van der Waals surface area (Å²) in [6.07, 6.45) is 1.45. The SMILES string of the molecule is NC(=O)C1=C(O)C2(O)C(=O)C3=C(O)c4c(O)ccc(N5CCOCC5)c4CC3CC2C(NC2CCOCC2)C1=O. The number of phenolic OH excluding ortho intramolecular Hbond substituents is 1. The molecule has 1 amide bonds. The highest BCUT2D eigenvalue weighted by Gasteiger charge is 2.64. The normalized spacial score (nSPS) is 31.1. The minimum atomic E-state index is -2.67. The Labute approximate surface area is 230 Å². The first kappa shape index (κ1) is 26.8. The number of anilines is 1. The molecule has 2 saturated heterocycles. The molecule has 5 aliphatic rings. The standard InChI is InChI=1S/C28H33N3O9/c29-27(37)21-24(34)22(30-14-3-7-39-8-4-14)16-12-13-11-15-17(31-5-9-40-10-6-31)1-2-18(32)20(15)23(33)19(13)25(35)28(16,38)26(21)36/h1-2,13-14,16,22,30,32-33,36,38H,3-12H2,(H2,29,37). The predicted octanol–water partition coefficient (Wildman–Crippen LogP) is 0.00760. The lowest BCUT2D eigenvalue weighted by atomic mass is 9.57. The van der Waals surface area contributed by atoms with Gasteiger partial charge in [0, 0.05) is 49.5 Å². The number of amides is 1. The van der Waals surface area contributed by atoms with Gasteiger partial charge in [-0.3, -0.25) is 14.4 Å². The van der Waals surface area contributed by atoms with Crippen molar-refractivity contribution in [3.05, 3.63) is 40.2 Å². The summed E-state index contributed by atoms with van der Waals surface area (Å²) in [5.41, 5.74) is 3.33. The molecule has 40 heavy (non-hydrogen) atoms. The first-order valence-corrected chi connectivity index (χ1v) is 13.6. The third kappa shape index (κ3) is 3.92. The van der Waals surface area contributed by atoms with Gasteiger partial charge in [0.15, 0.2) is 11.4 Å². The number of phenols is 1. The molecule has 12 heteroatoms. The number of fused-ring (bicyclic) bond motifs is 3. The van der Waals surface area contributed by atoms with E-state index in [1.165, 1.54) is 6.07 Å². The monoisotopic (exact) mass is 555 g/mol. The van der Waals surface area contributed by atoms with E-state index in [1.54, 1.807) is 6.07 Å². The quantitative estimate of drug-likeness (QED) is 0.274. The molecule has 6 rings (SSSR count). The number of benzene rings is 1. The summed E-state index contributed by atoms with van der Waals surface area (Å²) in [5.74, 6) is -6.63. The number of carbonyl (C=O) groups excluding carboxylic acids is 3. The molecular weight excluding hydrogens is 522 g/mol. The number of ketones is 2. The van der Waals surface area contributed by atoms with Gasteiger partial charge >= 0.3 is 0 Å². The second kappa shape index (κ2) is 9.88. The van der Waals surface area contributed by atoms with Gasteiger partial charge in [0.2, 0.25) is 5.78 Å². The number of carbonyl (C=O) groups is 3. The third-order valence-corrected chi connectivity index (χ3v) is 9.05. The van der Waals surface area contributed by atoms with Gasteiger partial charge in [0.1, 0.15) is 22.8 Å². The number of aliphatic hydroxyl groups excluding tert-OH is 2. The molecule has 0 spiro atoms. The number of morpholine rings is 1. The summed E-state index contributed by atoms with van der Waals surface area (Å²) < 4.78 is 10.9. The van der Waals surface area contributed by atoms with E-state index in [0.29, 0.717) is 57.9 Å². The van der Waals surface area contributed by atoms with Gasteiger partial charge in [-0.2, -0.15) is 0 Å². The Morgan fingerprint density at radius 1 is 1.05 bits per heavy atom. The number of nitrogens with two attached hydrogens (primary N) is 1. The van der Waals surface area contributed by atoms with Crippen molar-refractivity contribution in [2.24, 2.45) is 17.6 Å². The minimum absolute atomic E-state index is 0.0437. The fraction of sp³-hybridized carbons (Fsp3) is 0.536. The molecule has 3 aliphatic carbocycles. The van der Waals surface area contributed by atoms with Gasteiger partial charge in [-0.15, -0.1) is 0 Å². The largest absolute Gasteiger partial charge is 0.508 e. The van der Waals surface area contributed by atoms with Crippen LogP contribution in [0, 0.1) is 11.8 Å². The van der Waals surface area contributed by atoms with Crippen LogP contribution in [-0.2, 0) is 30.3 Å². The van der Waals surface area contributed by atoms with E-state index in [1.807, 2.05) is 0 Å². The Morgan fingerprint density at radius 3 is 2.40 bits per heavy atom. The summed E-state index contributed by atoms with van der Waals surface area (Å²) in [7, 11) is 0. The molecule has 0 aromatic heterocycles. The number of aliphatic hydroxyl groups is 3. The Kier molecular flexibility index (Phi) is 6.61. The van der Waals surface area contributed by atoms with Crippen LogP contribution in [0.4, 0.5) is 5.69 Å². The van der Waals surface area contributed by atoms with Gasteiger partial charge in [0.25, 0.3) is 5.91 Å². The number of rotatable bonds is 4. The van der Waals surface area contributed by atoms with Crippen molar-refractivity contribution < 1.29 is 44.3 Å². The first-order valence-electron chi connectivity index (χ1n) is 13.6. The van der Waals surface area contributed by atoms with Gasteiger partial charge < -0.3 is 45.9 Å². The maximum Gasteiger partial charge on any atom is 0.255 e. The van der Waals surface area contributed by atoms with Crippen LogP contribution < -0.4 is 16.0 Å². The van der Waals surface area contributed by atoms with Crippen molar-refractivity contribution in [3.63, 3.8) is 0 Å². The zero-order chi connectivity index (χ0) is 28.3. The van der Waals surface area contributed by atoms with Crippen LogP contribution in [0.5, 0.6) is 5.75 Å². The zero-order valence-electron chi connectivity index (χ0n) is 21.9. The molecule has 1 aromatic carbocycles. The van der Waals surface area contributed by atoms with E-state index < -0.39 is 58.0 Å². The molecule has 0 bridgehead atoms. The summed E-state index contributed by atoms with van der Waals surface area (Å²) in [5, 5.41) is 48.4. The summed E-state index contributed by atoms with van der Waals surface area (Å²) in [6.45, 7) is 3.19. The van der Waals surface area contributed by atoms with Crippen LogP contribution in [0.15, 0.2) is 29.0 Å². The van der Waals surface area contributed by atoms with Crippen molar-refractivity contribution >= 4 is 28.9 Å². The highest BCUT2D eigenvalue weighted by molar-refractivity contribution is 6.24. The average Bonchev–Trinajstić information content (AvgIpc) is 2.94. The van der Waals surface area contributed by atoms with Crippen LogP contribution in [0.25, 0.3) is 5.76 Å². The lowest BCUT2D eigenvalue weighted by molar-refractivity contribution is -0.150. The number of hydrogen-bond acceptors (Lipinski definition) is 11. The molecule has 1 aromatic rings. The number of nitrogens with one attached hydrogen (secondary N) is 1. The van der Waals surface area contributed by atoms with E-state index in [-0.39, 0.29) is 35.8 Å². The molecule has 0 radical (unpaired) electrons. The molecule has 1 saturated carbocycles. The molecular formula is C28H33N3O9. The van der Waals surface area contributed by atoms with Crippen LogP contribution in [0.2, 0.25) is 0 Å². The predicted molar refractivity (Wildman–Crippen MR) is 141 cm³/mol.